The van der Waals surface area contributed by atoms with Gasteiger partial charge >= 0.3 is 0 Å². The molecule has 20 heavy (non-hydrogen) atoms. The number of benzene rings is 2. The average molecular weight is 290 g/mol. The minimum absolute atomic E-state index is 0.0597. The van der Waals surface area contributed by atoms with Gasteiger partial charge in [-0.1, -0.05) is 29.8 Å². The molecule has 0 saturated carbocycles. The van der Waals surface area contributed by atoms with Crippen LogP contribution in [-0.2, 0) is 0 Å². The van der Waals surface area contributed by atoms with E-state index in [1.165, 1.54) is 0 Å². The van der Waals surface area contributed by atoms with Gasteiger partial charge in [-0.2, -0.15) is 0 Å². The summed E-state index contributed by atoms with van der Waals surface area (Å²) in [6.45, 7) is 1.96. The summed E-state index contributed by atoms with van der Waals surface area (Å²) in [4.78, 5) is 11.5. The van der Waals surface area contributed by atoms with Crippen LogP contribution in [-0.4, -0.2) is 5.91 Å². The predicted octanol–water partition coefficient (Wildman–Crippen LogP) is 3.19. The van der Waals surface area contributed by atoms with Gasteiger partial charge in [0, 0.05) is 16.4 Å². The van der Waals surface area contributed by atoms with E-state index < -0.39 is 5.91 Å². The van der Waals surface area contributed by atoms with E-state index >= 15 is 0 Å². The van der Waals surface area contributed by atoms with Crippen LogP contribution in [0.15, 0.2) is 42.5 Å². The molecule has 2 aromatic rings. The van der Waals surface area contributed by atoms with Crippen LogP contribution in [0.4, 0.5) is 11.4 Å². The summed E-state index contributed by atoms with van der Waals surface area (Å²) >= 11 is 5.88. The average Bonchev–Trinajstić information content (AvgIpc) is 2.41. The number of nitrogens with one attached hydrogen (secondary N) is 1. The molecule has 1 atom stereocenters. The summed E-state index contributed by atoms with van der Waals surface area (Å²) in [7, 11) is 0. The normalized spacial score (nSPS) is 11.9. The second kappa shape index (κ2) is 5.84. The van der Waals surface area contributed by atoms with Gasteiger partial charge in [-0.15, -0.1) is 0 Å². The third-order valence-electron chi connectivity index (χ3n) is 3.08. The molecule has 0 bridgehead atoms. The number of carbonyl (C=O) groups excluding carboxylic acids is 1. The Morgan fingerprint density at radius 2 is 1.95 bits per heavy atom. The molecule has 2 aromatic carbocycles. The zero-order chi connectivity index (χ0) is 14.7. The predicted molar refractivity (Wildman–Crippen MR) is 82.9 cm³/mol. The molecule has 5 N–H and O–H groups in total. The second-order valence-corrected chi connectivity index (χ2v) is 4.99. The molecule has 0 aliphatic carbocycles. The second-order valence-electron chi connectivity index (χ2n) is 4.55. The maximum absolute atomic E-state index is 11.5. The van der Waals surface area contributed by atoms with Crippen molar-refractivity contribution in [3.8, 4) is 0 Å². The number of carbonyl (C=O) groups is 1. The van der Waals surface area contributed by atoms with Crippen molar-refractivity contribution >= 4 is 28.9 Å². The highest BCUT2D eigenvalue weighted by Gasteiger charge is 2.13. The number of hydrogen-bond acceptors (Lipinski definition) is 3. The highest BCUT2D eigenvalue weighted by Crippen LogP contribution is 2.27. The van der Waals surface area contributed by atoms with Crippen molar-refractivity contribution in [1.82, 2.24) is 0 Å². The van der Waals surface area contributed by atoms with Gasteiger partial charge in [-0.05, 0) is 36.8 Å². The van der Waals surface area contributed by atoms with E-state index in [9.17, 15) is 4.79 Å². The van der Waals surface area contributed by atoms with Crippen molar-refractivity contribution in [2.45, 2.75) is 13.0 Å². The van der Waals surface area contributed by atoms with E-state index in [0.717, 1.165) is 5.56 Å². The number of nitrogen functional groups attached to an aromatic ring is 1. The van der Waals surface area contributed by atoms with Gasteiger partial charge in [-0.3, -0.25) is 4.79 Å². The van der Waals surface area contributed by atoms with Crippen molar-refractivity contribution in [1.29, 1.82) is 0 Å². The fourth-order valence-corrected chi connectivity index (χ4v) is 2.23. The van der Waals surface area contributed by atoms with Gasteiger partial charge in [-0.25, -0.2) is 0 Å². The van der Waals surface area contributed by atoms with Crippen LogP contribution in [0.3, 0.4) is 0 Å². The van der Waals surface area contributed by atoms with E-state index in [4.69, 9.17) is 23.1 Å². The molecule has 1 amide bonds. The number of hydrogen-bond donors (Lipinski definition) is 3. The number of rotatable bonds is 4. The SMILES string of the molecule is CC(Nc1ccc(Cl)cc1C(N)=O)c1ccccc1N. The van der Waals surface area contributed by atoms with Crippen molar-refractivity contribution in [3.05, 3.63) is 58.6 Å². The number of amides is 1. The lowest BCUT2D eigenvalue weighted by molar-refractivity contribution is 0.100. The maximum atomic E-state index is 11.5. The maximum Gasteiger partial charge on any atom is 0.250 e. The van der Waals surface area contributed by atoms with E-state index in [-0.39, 0.29) is 6.04 Å². The molecule has 0 aliphatic heterocycles. The Morgan fingerprint density at radius 3 is 2.60 bits per heavy atom. The summed E-state index contributed by atoms with van der Waals surface area (Å²) in [6, 6.07) is 12.5. The first-order valence-electron chi connectivity index (χ1n) is 6.19. The minimum Gasteiger partial charge on any atom is -0.398 e. The Hall–Kier alpha value is -2.20. The van der Waals surface area contributed by atoms with Gasteiger partial charge in [0.25, 0.3) is 5.91 Å². The van der Waals surface area contributed by atoms with Crippen LogP contribution >= 0.6 is 11.6 Å². The lowest BCUT2D eigenvalue weighted by Gasteiger charge is -2.19. The largest absolute Gasteiger partial charge is 0.398 e. The number of primary amides is 1. The smallest absolute Gasteiger partial charge is 0.250 e. The molecule has 2 rings (SSSR count). The first-order chi connectivity index (χ1) is 9.49. The van der Waals surface area contributed by atoms with Crippen LogP contribution < -0.4 is 16.8 Å². The number of halogens is 1. The molecule has 0 saturated heterocycles. The highest BCUT2D eigenvalue weighted by molar-refractivity contribution is 6.31. The van der Waals surface area contributed by atoms with Gasteiger partial charge in [0.2, 0.25) is 0 Å². The topological polar surface area (TPSA) is 81.1 Å². The molecular formula is C15H16ClN3O. The fourth-order valence-electron chi connectivity index (χ4n) is 2.06. The van der Waals surface area contributed by atoms with Gasteiger partial charge in [0.1, 0.15) is 0 Å². The van der Waals surface area contributed by atoms with Gasteiger partial charge in [0.05, 0.1) is 11.6 Å². The Morgan fingerprint density at radius 1 is 1.25 bits per heavy atom. The summed E-state index contributed by atoms with van der Waals surface area (Å²) in [5.74, 6) is -0.525. The van der Waals surface area contributed by atoms with E-state index in [1.807, 2.05) is 31.2 Å². The molecule has 5 heteroatoms. The minimum atomic E-state index is -0.525. The summed E-state index contributed by atoms with van der Waals surface area (Å²) < 4.78 is 0. The van der Waals surface area contributed by atoms with Crippen LogP contribution in [0.1, 0.15) is 28.9 Å². The molecule has 0 aromatic heterocycles. The Kier molecular flexibility index (Phi) is 4.15. The fraction of sp³-hybridized carbons (Fsp3) is 0.133. The Labute approximate surface area is 122 Å². The first-order valence-corrected chi connectivity index (χ1v) is 6.57. The lowest BCUT2D eigenvalue weighted by Crippen LogP contribution is -2.16. The van der Waals surface area contributed by atoms with E-state index in [1.54, 1.807) is 18.2 Å². The Balaban J connectivity index is 2.31. The number of para-hydroxylation sites is 1. The molecule has 0 aliphatic rings. The number of nitrogens with two attached hydrogens (primary N) is 2. The van der Waals surface area contributed by atoms with Crippen molar-refractivity contribution in [2.75, 3.05) is 11.1 Å². The van der Waals surface area contributed by atoms with Crippen molar-refractivity contribution in [3.63, 3.8) is 0 Å². The first kappa shape index (κ1) is 14.2. The zero-order valence-corrected chi connectivity index (χ0v) is 11.8. The van der Waals surface area contributed by atoms with Crippen molar-refractivity contribution < 1.29 is 4.79 Å². The monoisotopic (exact) mass is 289 g/mol. The van der Waals surface area contributed by atoms with E-state index in [2.05, 4.69) is 5.32 Å². The molecule has 1 unspecified atom stereocenters. The van der Waals surface area contributed by atoms with Crippen LogP contribution in [0.5, 0.6) is 0 Å². The molecule has 0 heterocycles. The van der Waals surface area contributed by atoms with Crippen molar-refractivity contribution in [2.24, 2.45) is 5.73 Å². The van der Waals surface area contributed by atoms with E-state index in [0.29, 0.717) is 22.0 Å². The number of anilines is 2. The van der Waals surface area contributed by atoms with Crippen LogP contribution in [0, 0.1) is 0 Å². The lowest BCUT2D eigenvalue weighted by atomic mass is 10.0. The van der Waals surface area contributed by atoms with Gasteiger partial charge in [0.15, 0.2) is 0 Å². The quantitative estimate of drug-likeness (QED) is 0.756. The molecular weight excluding hydrogens is 274 g/mol. The molecule has 4 nitrogen and oxygen atoms in total. The summed E-state index contributed by atoms with van der Waals surface area (Å²) in [6.07, 6.45) is 0. The summed E-state index contributed by atoms with van der Waals surface area (Å²) in [5.41, 5.74) is 14.0. The zero-order valence-electron chi connectivity index (χ0n) is 11.1. The highest BCUT2D eigenvalue weighted by atomic mass is 35.5. The Bertz CT molecular complexity index is 643. The van der Waals surface area contributed by atoms with Crippen LogP contribution in [0.25, 0.3) is 0 Å². The molecule has 0 spiro atoms. The molecule has 0 radical (unpaired) electrons. The summed E-state index contributed by atoms with van der Waals surface area (Å²) in [5, 5.41) is 3.71. The molecule has 104 valence electrons. The third-order valence-corrected chi connectivity index (χ3v) is 3.32. The van der Waals surface area contributed by atoms with Crippen LogP contribution in [0.2, 0.25) is 5.02 Å². The van der Waals surface area contributed by atoms with Gasteiger partial charge < -0.3 is 16.8 Å². The molecule has 0 fully saturated rings. The third kappa shape index (κ3) is 3.03. The standard InChI is InChI=1S/C15H16ClN3O/c1-9(11-4-2-3-5-13(11)17)19-14-7-6-10(16)8-12(14)15(18)20/h2-9,19H,17H2,1H3,(H2,18,20).